The van der Waals surface area contributed by atoms with Crippen molar-refractivity contribution in [3.8, 4) is 6.07 Å². The summed E-state index contributed by atoms with van der Waals surface area (Å²) in [7, 11) is 0. The molecular weight excluding hydrogens is 308 g/mol. The molecule has 0 bridgehead atoms. The number of hydrogen-bond acceptors (Lipinski definition) is 7. The van der Waals surface area contributed by atoms with Crippen LogP contribution in [0.2, 0.25) is 4.34 Å². The fourth-order valence-electron chi connectivity index (χ4n) is 2.36. The first-order chi connectivity index (χ1) is 10.3. The monoisotopic (exact) mass is 320 g/mol. The minimum Gasteiger partial charge on any atom is -0.353 e. The second-order valence-electron chi connectivity index (χ2n) is 4.74. The highest BCUT2D eigenvalue weighted by molar-refractivity contribution is 7.10. The Hall–Kier alpha value is -1.75. The Morgan fingerprint density at radius 3 is 2.81 bits per heavy atom. The summed E-state index contributed by atoms with van der Waals surface area (Å²) >= 11 is 7.25. The maximum Gasteiger partial charge on any atom is 0.146 e. The largest absolute Gasteiger partial charge is 0.353 e. The minimum absolute atomic E-state index is 0.623. The Morgan fingerprint density at radius 2 is 2.14 bits per heavy atom. The summed E-state index contributed by atoms with van der Waals surface area (Å²) < 4.78 is 4.51. The Kier molecular flexibility index (Phi) is 4.29. The molecule has 0 spiro atoms. The zero-order valence-corrected chi connectivity index (χ0v) is 12.8. The zero-order chi connectivity index (χ0) is 14.7. The van der Waals surface area contributed by atoms with Crippen LogP contribution in [0.25, 0.3) is 0 Å². The molecule has 8 heteroatoms. The van der Waals surface area contributed by atoms with Gasteiger partial charge in [0.1, 0.15) is 21.9 Å². The lowest BCUT2D eigenvalue weighted by Gasteiger charge is -2.35. The summed E-state index contributed by atoms with van der Waals surface area (Å²) in [6.07, 6.45) is 1.73. The van der Waals surface area contributed by atoms with Gasteiger partial charge in [-0.15, -0.1) is 5.10 Å². The van der Waals surface area contributed by atoms with Crippen molar-refractivity contribution in [2.75, 3.05) is 31.1 Å². The lowest BCUT2D eigenvalue weighted by Crippen LogP contribution is -2.46. The smallest absolute Gasteiger partial charge is 0.146 e. The fourth-order valence-corrected chi connectivity index (χ4v) is 2.97. The van der Waals surface area contributed by atoms with Gasteiger partial charge in [0, 0.05) is 50.5 Å². The Morgan fingerprint density at radius 1 is 1.33 bits per heavy atom. The van der Waals surface area contributed by atoms with Gasteiger partial charge in [0.25, 0.3) is 0 Å². The molecule has 0 aromatic carbocycles. The maximum absolute atomic E-state index is 9.15. The normalized spacial score (nSPS) is 15.9. The molecule has 0 atom stereocenters. The van der Waals surface area contributed by atoms with Gasteiger partial charge in [0.15, 0.2) is 0 Å². The number of halogens is 1. The lowest BCUT2D eigenvalue weighted by molar-refractivity contribution is 0.246. The van der Waals surface area contributed by atoms with Gasteiger partial charge < -0.3 is 4.90 Å². The SMILES string of the molecule is N#Cc1cccnc1N1CCN(Cc2nnsc2Cl)CC1. The molecule has 0 N–H and O–H groups in total. The fraction of sp³-hybridized carbons (Fsp3) is 0.385. The van der Waals surface area contributed by atoms with Crippen LogP contribution in [0.3, 0.4) is 0 Å². The van der Waals surface area contributed by atoms with Gasteiger partial charge in [-0.25, -0.2) is 4.98 Å². The van der Waals surface area contributed by atoms with Crippen molar-refractivity contribution in [1.29, 1.82) is 5.26 Å². The first-order valence-electron chi connectivity index (χ1n) is 6.57. The highest BCUT2D eigenvalue weighted by atomic mass is 35.5. The molecule has 1 fully saturated rings. The lowest BCUT2D eigenvalue weighted by atomic mass is 10.2. The van der Waals surface area contributed by atoms with Crippen molar-refractivity contribution in [3.05, 3.63) is 33.9 Å². The second-order valence-corrected chi connectivity index (χ2v) is 6.10. The number of rotatable bonds is 3. The van der Waals surface area contributed by atoms with Crippen LogP contribution in [-0.4, -0.2) is 45.6 Å². The molecular formula is C13H13ClN6S. The molecule has 21 heavy (non-hydrogen) atoms. The number of anilines is 1. The van der Waals surface area contributed by atoms with E-state index in [1.807, 2.05) is 0 Å². The topological polar surface area (TPSA) is 68.9 Å². The van der Waals surface area contributed by atoms with Crippen LogP contribution in [0.15, 0.2) is 18.3 Å². The van der Waals surface area contributed by atoms with E-state index in [0.717, 1.165) is 44.2 Å². The average Bonchev–Trinajstić information content (AvgIpc) is 2.93. The molecule has 0 aliphatic carbocycles. The zero-order valence-electron chi connectivity index (χ0n) is 11.2. The number of pyridine rings is 1. The maximum atomic E-state index is 9.15. The standard InChI is InChI=1S/C13H13ClN6S/c14-12-11(17-18-21-12)9-19-4-6-20(7-5-19)13-10(8-15)2-1-3-16-13/h1-3H,4-7,9H2. The van der Waals surface area contributed by atoms with Crippen LogP contribution in [0.4, 0.5) is 5.82 Å². The number of hydrogen-bond donors (Lipinski definition) is 0. The van der Waals surface area contributed by atoms with Crippen molar-refractivity contribution >= 4 is 29.0 Å². The number of nitrogens with zero attached hydrogens (tertiary/aromatic N) is 6. The average molecular weight is 321 g/mol. The van der Waals surface area contributed by atoms with Gasteiger partial charge >= 0.3 is 0 Å². The molecule has 0 unspecified atom stereocenters. The molecule has 1 aliphatic rings. The predicted molar refractivity (Wildman–Crippen MR) is 81.4 cm³/mol. The van der Waals surface area contributed by atoms with E-state index in [0.29, 0.717) is 9.90 Å². The van der Waals surface area contributed by atoms with E-state index < -0.39 is 0 Å². The van der Waals surface area contributed by atoms with E-state index in [-0.39, 0.29) is 0 Å². The van der Waals surface area contributed by atoms with Gasteiger partial charge in [0.05, 0.1) is 5.56 Å². The van der Waals surface area contributed by atoms with Crippen LogP contribution >= 0.6 is 23.1 Å². The molecule has 6 nitrogen and oxygen atoms in total. The third-order valence-corrected chi connectivity index (χ3v) is 4.45. The molecule has 108 valence electrons. The van der Waals surface area contributed by atoms with E-state index in [1.54, 1.807) is 18.3 Å². The van der Waals surface area contributed by atoms with E-state index in [2.05, 4.69) is 30.4 Å². The summed E-state index contributed by atoms with van der Waals surface area (Å²) in [6.45, 7) is 4.16. The molecule has 3 rings (SSSR count). The van der Waals surface area contributed by atoms with Gasteiger partial charge in [-0.2, -0.15) is 5.26 Å². The van der Waals surface area contributed by atoms with E-state index in [9.17, 15) is 0 Å². The predicted octanol–water partition coefficient (Wildman–Crippen LogP) is 1.78. The number of piperazine rings is 1. The summed E-state index contributed by atoms with van der Waals surface area (Å²) in [5.41, 5.74) is 1.46. The highest BCUT2D eigenvalue weighted by Crippen LogP contribution is 2.21. The van der Waals surface area contributed by atoms with Crippen molar-refractivity contribution < 1.29 is 0 Å². The Labute approximate surface area is 131 Å². The third-order valence-electron chi connectivity index (χ3n) is 3.46. The van der Waals surface area contributed by atoms with Gasteiger partial charge in [-0.3, -0.25) is 4.90 Å². The molecule has 2 aromatic heterocycles. The minimum atomic E-state index is 0.623. The quantitative estimate of drug-likeness (QED) is 0.858. The van der Waals surface area contributed by atoms with Crippen molar-refractivity contribution in [2.24, 2.45) is 0 Å². The highest BCUT2D eigenvalue weighted by Gasteiger charge is 2.21. The van der Waals surface area contributed by atoms with Crippen LogP contribution in [0, 0.1) is 11.3 Å². The van der Waals surface area contributed by atoms with Crippen molar-refractivity contribution in [2.45, 2.75) is 6.54 Å². The molecule has 1 saturated heterocycles. The van der Waals surface area contributed by atoms with Crippen LogP contribution in [-0.2, 0) is 6.54 Å². The van der Waals surface area contributed by atoms with Gasteiger partial charge in [-0.1, -0.05) is 16.1 Å². The van der Waals surface area contributed by atoms with Crippen molar-refractivity contribution in [3.63, 3.8) is 0 Å². The van der Waals surface area contributed by atoms with E-state index in [1.165, 1.54) is 11.5 Å². The van der Waals surface area contributed by atoms with Crippen LogP contribution in [0.5, 0.6) is 0 Å². The number of nitriles is 1. The molecule has 0 amide bonds. The second kappa shape index (κ2) is 6.35. The van der Waals surface area contributed by atoms with Crippen molar-refractivity contribution in [1.82, 2.24) is 19.5 Å². The Balaban J connectivity index is 1.63. The van der Waals surface area contributed by atoms with E-state index in [4.69, 9.17) is 16.9 Å². The Bertz CT molecular complexity index is 659. The summed E-state index contributed by atoms with van der Waals surface area (Å²) in [4.78, 5) is 8.77. The van der Waals surface area contributed by atoms with E-state index >= 15 is 0 Å². The molecule has 3 heterocycles. The molecule has 0 radical (unpaired) electrons. The molecule has 0 saturated carbocycles. The molecule has 1 aliphatic heterocycles. The van der Waals surface area contributed by atoms with Crippen LogP contribution < -0.4 is 4.90 Å². The first-order valence-corrected chi connectivity index (χ1v) is 7.72. The first kappa shape index (κ1) is 14.2. The number of aromatic nitrogens is 3. The summed E-state index contributed by atoms with van der Waals surface area (Å²) in [6, 6.07) is 5.78. The summed E-state index contributed by atoms with van der Waals surface area (Å²) in [5, 5.41) is 13.2. The van der Waals surface area contributed by atoms with Gasteiger partial charge in [0.2, 0.25) is 0 Å². The van der Waals surface area contributed by atoms with Gasteiger partial charge in [-0.05, 0) is 12.1 Å². The molecule has 2 aromatic rings. The summed E-state index contributed by atoms with van der Waals surface area (Å²) in [5.74, 6) is 0.771. The van der Waals surface area contributed by atoms with Crippen LogP contribution in [0.1, 0.15) is 11.3 Å². The third kappa shape index (κ3) is 3.13.